The Balaban J connectivity index is 1.25. The van der Waals surface area contributed by atoms with Crippen LogP contribution >= 0.6 is 0 Å². The van der Waals surface area contributed by atoms with Crippen LogP contribution < -0.4 is 0 Å². The number of hydrogen-bond donors (Lipinski definition) is 0. The first-order valence-electron chi connectivity index (χ1n) is 12.1. The predicted octanol–water partition coefficient (Wildman–Crippen LogP) is 6.04. The average molecular weight is 413 g/mol. The van der Waals surface area contributed by atoms with Crippen LogP contribution in [-0.4, -0.2) is 36.0 Å². The molecule has 2 heterocycles. The van der Waals surface area contributed by atoms with Crippen LogP contribution in [0.25, 0.3) is 10.8 Å². The summed E-state index contributed by atoms with van der Waals surface area (Å²) >= 11 is 0. The van der Waals surface area contributed by atoms with Crippen molar-refractivity contribution in [1.82, 2.24) is 9.80 Å². The Bertz CT molecular complexity index is 1080. The monoisotopic (exact) mass is 412 g/mol. The highest BCUT2D eigenvalue weighted by Crippen LogP contribution is 2.28. The first-order chi connectivity index (χ1) is 15.1. The zero-order chi connectivity index (χ0) is 21.4. The summed E-state index contributed by atoms with van der Waals surface area (Å²) in [6.07, 6.45) is 3.92. The van der Waals surface area contributed by atoms with Gasteiger partial charge < -0.3 is 0 Å². The summed E-state index contributed by atoms with van der Waals surface area (Å²) in [5, 5.41) is 2.80. The van der Waals surface area contributed by atoms with Crippen LogP contribution in [-0.2, 0) is 19.5 Å². The Labute approximate surface area is 187 Å². The molecule has 5 rings (SSSR count). The smallest absolute Gasteiger partial charge is 0.0242 e. The Morgan fingerprint density at radius 2 is 1.65 bits per heavy atom. The van der Waals surface area contributed by atoms with Crippen LogP contribution in [0.2, 0.25) is 0 Å². The lowest BCUT2D eigenvalue weighted by molar-refractivity contribution is 0.122. The van der Waals surface area contributed by atoms with Gasteiger partial charge in [-0.2, -0.15) is 0 Å². The van der Waals surface area contributed by atoms with E-state index in [2.05, 4.69) is 79.1 Å². The number of fused-ring (bicyclic) bond motifs is 2. The van der Waals surface area contributed by atoms with Gasteiger partial charge in [0.05, 0.1) is 0 Å². The molecule has 1 unspecified atom stereocenters. The second-order valence-electron chi connectivity index (χ2n) is 10.0. The van der Waals surface area contributed by atoms with E-state index >= 15 is 0 Å². The number of hydrogen-bond acceptors (Lipinski definition) is 2. The van der Waals surface area contributed by atoms with Gasteiger partial charge in [-0.25, -0.2) is 0 Å². The molecule has 162 valence electrons. The molecule has 2 aliphatic heterocycles. The quantitative estimate of drug-likeness (QED) is 0.516. The van der Waals surface area contributed by atoms with E-state index < -0.39 is 0 Å². The molecule has 3 aromatic carbocycles. The van der Waals surface area contributed by atoms with Crippen molar-refractivity contribution in [2.24, 2.45) is 5.92 Å². The van der Waals surface area contributed by atoms with E-state index in [0.717, 1.165) is 19.0 Å². The van der Waals surface area contributed by atoms with E-state index in [-0.39, 0.29) is 0 Å². The maximum absolute atomic E-state index is 2.72. The van der Waals surface area contributed by atoms with E-state index in [4.69, 9.17) is 0 Å². The normalized spacial score (nSPS) is 20.2. The zero-order valence-electron chi connectivity index (χ0n) is 19.5. The molecule has 31 heavy (non-hydrogen) atoms. The van der Waals surface area contributed by atoms with Gasteiger partial charge >= 0.3 is 0 Å². The highest BCUT2D eigenvalue weighted by Gasteiger charge is 2.25. The van der Waals surface area contributed by atoms with Gasteiger partial charge in [-0.15, -0.1) is 0 Å². The number of piperidine rings is 1. The van der Waals surface area contributed by atoms with Gasteiger partial charge in [0.15, 0.2) is 0 Å². The van der Waals surface area contributed by atoms with Gasteiger partial charge in [0, 0.05) is 32.7 Å². The summed E-state index contributed by atoms with van der Waals surface area (Å²) < 4.78 is 0. The lowest BCUT2D eigenvalue weighted by Gasteiger charge is -2.37. The van der Waals surface area contributed by atoms with E-state index in [1.807, 2.05) is 0 Å². The van der Waals surface area contributed by atoms with Gasteiger partial charge in [-0.05, 0) is 96.6 Å². The number of likely N-dealkylation sites (tertiary alicyclic amines) is 1. The zero-order valence-corrected chi connectivity index (χ0v) is 19.5. The lowest BCUT2D eigenvalue weighted by atomic mass is 9.92. The third-order valence-electron chi connectivity index (χ3n) is 7.68. The average Bonchev–Trinajstić information content (AvgIpc) is 2.77. The Morgan fingerprint density at radius 1 is 0.839 bits per heavy atom. The third kappa shape index (κ3) is 4.42. The molecule has 0 N–H and O–H groups in total. The highest BCUT2D eigenvalue weighted by molar-refractivity contribution is 5.86. The molecule has 0 spiro atoms. The molecule has 2 nitrogen and oxygen atoms in total. The second kappa shape index (κ2) is 8.76. The maximum atomic E-state index is 2.72. The van der Waals surface area contributed by atoms with E-state index in [0.29, 0.717) is 0 Å². The fourth-order valence-electron chi connectivity index (χ4n) is 5.76. The minimum absolute atomic E-state index is 0.789. The van der Waals surface area contributed by atoms with Crippen LogP contribution in [0.3, 0.4) is 0 Å². The van der Waals surface area contributed by atoms with Crippen molar-refractivity contribution in [2.45, 2.75) is 53.1 Å². The van der Waals surface area contributed by atoms with Gasteiger partial charge in [-0.3, -0.25) is 9.80 Å². The van der Waals surface area contributed by atoms with Gasteiger partial charge in [0.25, 0.3) is 0 Å². The second-order valence-corrected chi connectivity index (χ2v) is 10.0. The molecule has 0 aliphatic carbocycles. The topological polar surface area (TPSA) is 6.48 Å². The predicted molar refractivity (Wildman–Crippen MR) is 132 cm³/mol. The molecule has 0 amide bonds. The first kappa shape index (κ1) is 20.7. The number of benzene rings is 3. The third-order valence-corrected chi connectivity index (χ3v) is 7.68. The summed E-state index contributed by atoms with van der Waals surface area (Å²) in [7, 11) is 0. The van der Waals surface area contributed by atoms with E-state index in [1.165, 1.54) is 78.5 Å². The molecular weight excluding hydrogens is 376 g/mol. The molecule has 1 atom stereocenters. The highest BCUT2D eigenvalue weighted by atomic mass is 15.2. The summed E-state index contributed by atoms with van der Waals surface area (Å²) in [5.74, 6) is 0.789. The summed E-state index contributed by atoms with van der Waals surface area (Å²) in [5.41, 5.74) is 8.98. The standard InChI is InChI=1S/C29H36N2/c1-21-10-11-25-8-4-5-9-28(25)29(21)20-30-13-6-7-24(17-30)18-31-14-12-26-15-22(2)23(3)16-27(26)19-31/h4-5,8-11,15-16,24H,6-7,12-14,17-20H2,1-3H3. The van der Waals surface area contributed by atoms with Gasteiger partial charge in [0.1, 0.15) is 0 Å². The van der Waals surface area contributed by atoms with Crippen molar-refractivity contribution in [3.63, 3.8) is 0 Å². The van der Waals surface area contributed by atoms with Gasteiger partial charge in [-0.1, -0.05) is 48.5 Å². The van der Waals surface area contributed by atoms with E-state index in [1.54, 1.807) is 11.1 Å². The molecule has 0 bridgehead atoms. The lowest BCUT2D eigenvalue weighted by Crippen LogP contribution is -2.42. The van der Waals surface area contributed by atoms with Crippen LogP contribution in [0.5, 0.6) is 0 Å². The molecule has 0 aromatic heterocycles. The van der Waals surface area contributed by atoms with Crippen LogP contribution in [0.4, 0.5) is 0 Å². The SMILES string of the molecule is Cc1cc2c(cc1C)CN(CC1CCCN(Cc3c(C)ccc4ccccc34)C1)CC2. The van der Waals surface area contributed by atoms with Crippen LogP contribution in [0.1, 0.15) is 46.2 Å². The molecule has 0 radical (unpaired) electrons. The number of nitrogens with zero attached hydrogens (tertiary/aromatic N) is 2. The molecule has 1 fully saturated rings. The van der Waals surface area contributed by atoms with Crippen molar-refractivity contribution in [3.05, 3.63) is 81.9 Å². The first-order valence-corrected chi connectivity index (χ1v) is 12.1. The van der Waals surface area contributed by atoms with Crippen molar-refractivity contribution >= 4 is 10.8 Å². The van der Waals surface area contributed by atoms with Crippen molar-refractivity contribution in [2.75, 3.05) is 26.2 Å². The van der Waals surface area contributed by atoms with Crippen molar-refractivity contribution < 1.29 is 0 Å². The number of rotatable bonds is 4. The molecular formula is C29H36N2. The minimum atomic E-state index is 0.789. The van der Waals surface area contributed by atoms with Gasteiger partial charge in [0.2, 0.25) is 0 Å². The molecule has 0 saturated carbocycles. The van der Waals surface area contributed by atoms with E-state index in [9.17, 15) is 0 Å². The maximum Gasteiger partial charge on any atom is 0.0242 e. The summed E-state index contributed by atoms with van der Waals surface area (Å²) in [6, 6.07) is 18.3. The Hall–Kier alpha value is -2.16. The minimum Gasteiger partial charge on any atom is -0.299 e. The summed E-state index contributed by atoms with van der Waals surface area (Å²) in [4.78, 5) is 5.43. The molecule has 1 saturated heterocycles. The Kier molecular flexibility index (Phi) is 5.86. The van der Waals surface area contributed by atoms with Crippen LogP contribution in [0.15, 0.2) is 48.5 Å². The Morgan fingerprint density at radius 3 is 2.52 bits per heavy atom. The van der Waals surface area contributed by atoms with Crippen LogP contribution in [0, 0.1) is 26.7 Å². The van der Waals surface area contributed by atoms with Crippen molar-refractivity contribution in [1.29, 1.82) is 0 Å². The fourth-order valence-corrected chi connectivity index (χ4v) is 5.76. The summed E-state index contributed by atoms with van der Waals surface area (Å²) in [6.45, 7) is 13.9. The molecule has 2 aliphatic rings. The fraction of sp³-hybridized carbons (Fsp3) is 0.448. The largest absolute Gasteiger partial charge is 0.299 e. The molecule has 3 aromatic rings. The number of aryl methyl sites for hydroxylation is 3. The van der Waals surface area contributed by atoms with Crippen molar-refractivity contribution in [3.8, 4) is 0 Å². The molecule has 2 heteroatoms.